The smallest absolute Gasteiger partial charge is 0.312 e. The maximum atomic E-state index is 13.0. The topological polar surface area (TPSA) is 65.1 Å². The molecule has 1 aromatic carbocycles. The van der Waals surface area contributed by atoms with Gasteiger partial charge in [-0.1, -0.05) is 24.3 Å². The summed E-state index contributed by atoms with van der Waals surface area (Å²) in [5.74, 6) is 0.712. The van der Waals surface area contributed by atoms with Crippen LogP contribution in [0.3, 0.4) is 0 Å². The molecule has 26 heavy (non-hydrogen) atoms. The lowest BCUT2D eigenvalue weighted by molar-refractivity contribution is 0.598. The number of hydrogen-bond acceptors (Lipinski definition) is 4. The summed E-state index contributed by atoms with van der Waals surface area (Å²) in [6.45, 7) is 7.42. The molecule has 1 aliphatic rings. The van der Waals surface area contributed by atoms with E-state index >= 15 is 0 Å². The number of rotatable bonds is 3. The second kappa shape index (κ2) is 6.01. The van der Waals surface area contributed by atoms with E-state index in [1.807, 2.05) is 16.7 Å². The van der Waals surface area contributed by atoms with E-state index < -0.39 is 0 Å². The lowest BCUT2D eigenvalue weighted by Gasteiger charge is -2.30. The van der Waals surface area contributed by atoms with Crippen LogP contribution < -0.4 is 16.1 Å². The Balaban J connectivity index is 2.03. The normalized spacial score (nSPS) is 13.8. The molecule has 0 saturated carbocycles. The number of fused-ring (bicyclic) bond motifs is 3. The van der Waals surface area contributed by atoms with Crippen molar-refractivity contribution in [1.82, 2.24) is 18.7 Å². The summed E-state index contributed by atoms with van der Waals surface area (Å²) in [4.78, 5) is 32.3. The van der Waals surface area contributed by atoms with Crippen molar-refractivity contribution in [3.63, 3.8) is 0 Å². The van der Waals surface area contributed by atoms with Gasteiger partial charge >= 0.3 is 5.69 Å². The van der Waals surface area contributed by atoms with Gasteiger partial charge in [-0.05, 0) is 25.0 Å². The second-order valence-electron chi connectivity index (χ2n) is 6.57. The van der Waals surface area contributed by atoms with E-state index in [0.29, 0.717) is 23.7 Å². The highest BCUT2D eigenvalue weighted by Gasteiger charge is 2.27. The Bertz CT molecular complexity index is 1140. The fraction of sp³-hybridized carbons (Fsp3) is 0.316. The first kappa shape index (κ1) is 16.4. The Hall–Kier alpha value is -3.09. The summed E-state index contributed by atoms with van der Waals surface area (Å²) in [7, 11) is 1.65. The van der Waals surface area contributed by atoms with Gasteiger partial charge in [-0.15, -0.1) is 6.58 Å². The Kier molecular flexibility index (Phi) is 3.79. The molecule has 0 saturated heterocycles. The minimum Gasteiger partial charge on any atom is -0.312 e. The monoisotopic (exact) mass is 351 g/mol. The fourth-order valence-corrected chi connectivity index (χ4v) is 3.65. The highest BCUT2D eigenvalue weighted by Crippen LogP contribution is 2.32. The van der Waals surface area contributed by atoms with Crippen LogP contribution in [0.25, 0.3) is 11.2 Å². The molecule has 0 amide bonds. The van der Waals surface area contributed by atoms with Crippen molar-refractivity contribution in [2.24, 2.45) is 7.05 Å². The van der Waals surface area contributed by atoms with Crippen LogP contribution in [0.1, 0.15) is 12.0 Å². The van der Waals surface area contributed by atoms with E-state index in [1.165, 1.54) is 9.13 Å². The molecular formula is C19H21N5O2. The van der Waals surface area contributed by atoms with Crippen molar-refractivity contribution in [2.45, 2.75) is 26.4 Å². The number of anilines is 2. The minimum atomic E-state index is -0.375. The number of imidazole rings is 1. The summed E-state index contributed by atoms with van der Waals surface area (Å²) in [5.41, 5.74) is 2.43. The van der Waals surface area contributed by atoms with Crippen LogP contribution in [0.2, 0.25) is 0 Å². The summed E-state index contributed by atoms with van der Waals surface area (Å²) in [5, 5.41) is 0. The van der Waals surface area contributed by atoms with Crippen LogP contribution in [0, 0.1) is 6.92 Å². The van der Waals surface area contributed by atoms with Crippen LogP contribution in [-0.2, 0) is 20.1 Å². The molecule has 0 radical (unpaired) electrons. The molecule has 4 rings (SSSR count). The quantitative estimate of drug-likeness (QED) is 0.677. The third kappa shape index (κ3) is 2.23. The van der Waals surface area contributed by atoms with Gasteiger partial charge in [0.15, 0.2) is 11.2 Å². The summed E-state index contributed by atoms with van der Waals surface area (Å²) in [6, 6.07) is 8.11. The van der Waals surface area contributed by atoms with Gasteiger partial charge in [0, 0.05) is 32.4 Å². The number of hydrogen-bond donors (Lipinski definition) is 0. The fourth-order valence-electron chi connectivity index (χ4n) is 3.65. The number of para-hydroxylation sites is 1. The molecule has 0 N–H and O–H groups in total. The van der Waals surface area contributed by atoms with Crippen LogP contribution in [0.15, 0.2) is 46.5 Å². The third-order valence-electron chi connectivity index (χ3n) is 4.94. The van der Waals surface area contributed by atoms with Gasteiger partial charge in [0.2, 0.25) is 5.95 Å². The standard InChI is InChI=1S/C19H21N5O2/c1-4-10-24-17(25)15-16(21(3)19(24)26)20-18-22(11-7-12-23(15)18)14-9-6-5-8-13(14)2/h4-6,8-9H,1,7,10-12H2,2-3H3. The van der Waals surface area contributed by atoms with Gasteiger partial charge in [0.1, 0.15) is 0 Å². The Morgan fingerprint density at radius 3 is 2.73 bits per heavy atom. The Labute approximate surface area is 150 Å². The molecule has 7 heteroatoms. The van der Waals surface area contributed by atoms with Crippen LogP contribution in [-0.4, -0.2) is 25.2 Å². The van der Waals surface area contributed by atoms with Crippen molar-refractivity contribution >= 4 is 22.8 Å². The molecule has 134 valence electrons. The molecule has 7 nitrogen and oxygen atoms in total. The van der Waals surface area contributed by atoms with Crippen molar-refractivity contribution < 1.29 is 0 Å². The maximum Gasteiger partial charge on any atom is 0.332 e. The molecule has 0 aliphatic carbocycles. The first-order valence-electron chi connectivity index (χ1n) is 8.68. The third-order valence-corrected chi connectivity index (χ3v) is 4.94. The molecule has 2 aromatic heterocycles. The molecule has 1 aliphatic heterocycles. The molecule has 3 aromatic rings. The first-order valence-corrected chi connectivity index (χ1v) is 8.68. The number of aryl methyl sites for hydroxylation is 3. The van der Waals surface area contributed by atoms with Crippen molar-refractivity contribution in [3.05, 3.63) is 63.3 Å². The first-order chi connectivity index (χ1) is 12.5. The zero-order valence-corrected chi connectivity index (χ0v) is 15.0. The van der Waals surface area contributed by atoms with E-state index in [4.69, 9.17) is 0 Å². The molecule has 0 unspecified atom stereocenters. The SMILES string of the molecule is C=CCn1c(=O)c2c(nc3n2CCCN3c2ccccc2C)n(C)c1=O. The molecule has 0 atom stereocenters. The Morgan fingerprint density at radius 1 is 1.23 bits per heavy atom. The molecule has 3 heterocycles. The van der Waals surface area contributed by atoms with Crippen molar-refractivity contribution in [3.8, 4) is 0 Å². The van der Waals surface area contributed by atoms with Gasteiger partial charge < -0.3 is 9.47 Å². The predicted octanol–water partition coefficient (Wildman–Crippen LogP) is 1.93. The van der Waals surface area contributed by atoms with E-state index in [-0.39, 0.29) is 17.8 Å². The molecule has 0 fully saturated rings. The van der Waals surface area contributed by atoms with Crippen LogP contribution in [0.5, 0.6) is 0 Å². The average Bonchev–Trinajstić information content (AvgIpc) is 3.04. The van der Waals surface area contributed by atoms with Crippen molar-refractivity contribution in [1.29, 1.82) is 0 Å². The predicted molar refractivity (Wildman–Crippen MR) is 102 cm³/mol. The minimum absolute atomic E-state index is 0.184. The van der Waals surface area contributed by atoms with Gasteiger partial charge in [-0.25, -0.2) is 4.79 Å². The number of nitrogens with zero attached hydrogens (tertiary/aromatic N) is 5. The van der Waals surface area contributed by atoms with Crippen LogP contribution >= 0.6 is 0 Å². The van der Waals surface area contributed by atoms with E-state index in [1.54, 1.807) is 13.1 Å². The molecule has 0 bridgehead atoms. The van der Waals surface area contributed by atoms with E-state index in [9.17, 15) is 9.59 Å². The average molecular weight is 351 g/mol. The van der Waals surface area contributed by atoms with E-state index in [0.717, 1.165) is 24.2 Å². The molecular weight excluding hydrogens is 330 g/mol. The zero-order chi connectivity index (χ0) is 18.4. The van der Waals surface area contributed by atoms with Gasteiger partial charge in [-0.2, -0.15) is 4.98 Å². The maximum absolute atomic E-state index is 13.0. The van der Waals surface area contributed by atoms with E-state index in [2.05, 4.69) is 35.5 Å². The highest BCUT2D eigenvalue weighted by atomic mass is 16.2. The lowest BCUT2D eigenvalue weighted by atomic mass is 10.1. The zero-order valence-electron chi connectivity index (χ0n) is 15.0. The van der Waals surface area contributed by atoms with Gasteiger partial charge in [0.05, 0.1) is 0 Å². The summed E-state index contributed by atoms with van der Waals surface area (Å²) >= 11 is 0. The summed E-state index contributed by atoms with van der Waals surface area (Å²) < 4.78 is 4.59. The largest absolute Gasteiger partial charge is 0.332 e. The number of allylic oxidation sites excluding steroid dienone is 1. The Morgan fingerprint density at radius 2 is 2.00 bits per heavy atom. The lowest BCUT2D eigenvalue weighted by Crippen LogP contribution is -2.39. The highest BCUT2D eigenvalue weighted by molar-refractivity contribution is 5.77. The number of aromatic nitrogens is 4. The number of benzene rings is 1. The second-order valence-corrected chi connectivity index (χ2v) is 6.57. The van der Waals surface area contributed by atoms with Gasteiger partial charge in [0.25, 0.3) is 5.56 Å². The van der Waals surface area contributed by atoms with Crippen LogP contribution in [0.4, 0.5) is 11.6 Å². The summed E-state index contributed by atoms with van der Waals surface area (Å²) in [6.07, 6.45) is 2.46. The molecule has 0 spiro atoms. The van der Waals surface area contributed by atoms with Crippen molar-refractivity contribution in [2.75, 3.05) is 11.4 Å². The van der Waals surface area contributed by atoms with Gasteiger partial charge in [-0.3, -0.25) is 13.9 Å².